The number of thioether (sulfide) groups is 1. The number of anilines is 1. The van der Waals surface area contributed by atoms with Crippen molar-refractivity contribution in [2.24, 2.45) is 10.2 Å². The Morgan fingerprint density at radius 2 is 1.93 bits per heavy atom. The lowest BCUT2D eigenvalue weighted by Crippen LogP contribution is -2.28. The van der Waals surface area contributed by atoms with Gasteiger partial charge in [-0.15, -0.1) is 5.10 Å². The van der Waals surface area contributed by atoms with Gasteiger partial charge in [-0.05, 0) is 42.0 Å². The molecule has 1 fully saturated rings. The molecule has 0 aromatic heterocycles. The number of carbonyl (C=O) groups is 2. The summed E-state index contributed by atoms with van der Waals surface area (Å²) in [5, 5.41) is 13.2. The van der Waals surface area contributed by atoms with Crippen LogP contribution < -0.4 is 20.1 Å². The molecule has 0 bridgehead atoms. The van der Waals surface area contributed by atoms with E-state index in [1.54, 1.807) is 31.5 Å². The molecule has 1 saturated heterocycles. The molecular formula is C20H20N4O4S. The van der Waals surface area contributed by atoms with Crippen LogP contribution in [0.1, 0.15) is 12.0 Å². The van der Waals surface area contributed by atoms with Crippen LogP contribution in [-0.2, 0) is 9.59 Å². The van der Waals surface area contributed by atoms with Crippen LogP contribution in [0.15, 0.2) is 58.7 Å². The van der Waals surface area contributed by atoms with E-state index in [1.807, 2.05) is 30.3 Å². The van der Waals surface area contributed by atoms with Gasteiger partial charge in [0.2, 0.25) is 11.8 Å². The monoisotopic (exact) mass is 412 g/mol. The Morgan fingerprint density at radius 3 is 2.66 bits per heavy atom. The van der Waals surface area contributed by atoms with Crippen molar-refractivity contribution in [2.45, 2.75) is 11.7 Å². The maximum atomic E-state index is 12.3. The number of carbonyl (C=O) groups excluding carboxylic acids is 2. The second kappa shape index (κ2) is 9.74. The van der Waals surface area contributed by atoms with Crippen molar-refractivity contribution in [3.05, 3.63) is 54.1 Å². The van der Waals surface area contributed by atoms with Gasteiger partial charge < -0.3 is 20.1 Å². The summed E-state index contributed by atoms with van der Waals surface area (Å²) >= 11 is 1.17. The Kier molecular flexibility index (Phi) is 6.85. The van der Waals surface area contributed by atoms with Crippen molar-refractivity contribution in [3.8, 4) is 11.5 Å². The van der Waals surface area contributed by atoms with Gasteiger partial charge in [-0.2, -0.15) is 5.10 Å². The molecule has 1 atom stereocenters. The third-order valence-corrected chi connectivity index (χ3v) is 5.07. The van der Waals surface area contributed by atoms with Crippen molar-refractivity contribution in [3.63, 3.8) is 0 Å². The maximum Gasteiger partial charge on any atom is 0.240 e. The highest BCUT2D eigenvalue weighted by atomic mass is 32.2. The fourth-order valence-corrected chi connectivity index (χ4v) is 3.47. The molecule has 2 amide bonds. The van der Waals surface area contributed by atoms with Crippen LogP contribution in [0.25, 0.3) is 0 Å². The summed E-state index contributed by atoms with van der Waals surface area (Å²) in [5.74, 6) is 0.745. The van der Waals surface area contributed by atoms with E-state index < -0.39 is 5.25 Å². The summed E-state index contributed by atoms with van der Waals surface area (Å²) in [5.41, 5.74) is 1.40. The molecule has 0 saturated carbocycles. The largest absolute Gasteiger partial charge is 0.497 e. The van der Waals surface area contributed by atoms with Gasteiger partial charge in [0.05, 0.1) is 26.1 Å². The molecule has 150 valence electrons. The zero-order valence-electron chi connectivity index (χ0n) is 15.9. The summed E-state index contributed by atoms with van der Waals surface area (Å²) in [4.78, 5) is 24.4. The van der Waals surface area contributed by atoms with E-state index in [2.05, 4.69) is 20.8 Å². The Morgan fingerprint density at radius 1 is 1.17 bits per heavy atom. The van der Waals surface area contributed by atoms with Crippen molar-refractivity contribution >= 4 is 40.6 Å². The number of hydrogen-bond acceptors (Lipinski definition) is 7. The van der Waals surface area contributed by atoms with Crippen molar-refractivity contribution in [1.82, 2.24) is 5.32 Å². The van der Waals surface area contributed by atoms with E-state index in [0.717, 1.165) is 11.3 Å². The van der Waals surface area contributed by atoms with Gasteiger partial charge in [0, 0.05) is 6.42 Å². The zero-order valence-corrected chi connectivity index (χ0v) is 16.7. The number of benzene rings is 2. The molecule has 2 aromatic rings. The average molecular weight is 412 g/mol. The van der Waals surface area contributed by atoms with Crippen molar-refractivity contribution < 1.29 is 19.1 Å². The van der Waals surface area contributed by atoms with Gasteiger partial charge in [0.25, 0.3) is 0 Å². The predicted molar refractivity (Wildman–Crippen MR) is 114 cm³/mol. The smallest absolute Gasteiger partial charge is 0.240 e. The molecule has 9 heteroatoms. The maximum absolute atomic E-state index is 12.3. The predicted octanol–water partition coefficient (Wildman–Crippen LogP) is 2.65. The minimum absolute atomic E-state index is 0.00969. The van der Waals surface area contributed by atoms with Gasteiger partial charge in [-0.1, -0.05) is 23.9 Å². The van der Waals surface area contributed by atoms with Crippen LogP contribution in [-0.4, -0.2) is 42.7 Å². The van der Waals surface area contributed by atoms with Gasteiger partial charge in [-0.25, -0.2) is 0 Å². The minimum Gasteiger partial charge on any atom is -0.497 e. The van der Waals surface area contributed by atoms with E-state index in [-0.39, 0.29) is 18.2 Å². The summed E-state index contributed by atoms with van der Waals surface area (Å²) in [6.45, 7) is 0. The molecule has 1 unspecified atom stereocenters. The molecule has 0 radical (unpaired) electrons. The zero-order chi connectivity index (χ0) is 20.6. The molecular weight excluding hydrogens is 392 g/mol. The molecule has 8 nitrogen and oxygen atoms in total. The lowest BCUT2D eigenvalue weighted by molar-refractivity contribution is -0.122. The molecule has 0 aliphatic carbocycles. The number of rotatable bonds is 7. The number of hydrogen-bond donors (Lipinski definition) is 2. The highest BCUT2D eigenvalue weighted by molar-refractivity contribution is 8.15. The topological polar surface area (TPSA) is 101 Å². The van der Waals surface area contributed by atoms with Crippen LogP contribution in [0.5, 0.6) is 11.5 Å². The third-order valence-electron chi connectivity index (χ3n) is 4.00. The molecule has 1 heterocycles. The van der Waals surface area contributed by atoms with Crippen LogP contribution in [0.2, 0.25) is 0 Å². The van der Waals surface area contributed by atoms with E-state index in [4.69, 9.17) is 9.47 Å². The van der Waals surface area contributed by atoms with E-state index >= 15 is 0 Å². The number of nitrogens with zero attached hydrogens (tertiary/aromatic N) is 2. The summed E-state index contributed by atoms with van der Waals surface area (Å²) in [7, 11) is 3.13. The van der Waals surface area contributed by atoms with E-state index in [9.17, 15) is 9.59 Å². The fraction of sp³-hybridized carbons (Fsp3) is 0.200. The fourth-order valence-electron chi connectivity index (χ4n) is 2.54. The summed E-state index contributed by atoms with van der Waals surface area (Å²) in [6.07, 6.45) is 1.58. The number of amides is 2. The minimum atomic E-state index is -0.570. The highest BCUT2D eigenvalue weighted by Crippen LogP contribution is 2.26. The summed E-state index contributed by atoms with van der Waals surface area (Å²) < 4.78 is 10.3. The first-order valence-electron chi connectivity index (χ1n) is 8.74. The van der Waals surface area contributed by atoms with Crippen LogP contribution in [0.3, 0.4) is 0 Å². The number of nitrogens with one attached hydrogen (secondary N) is 2. The SMILES string of the molecule is COc1ccc(/C=N/N=C2\NC(=O)C(CC(=O)Nc3ccccc3OC)S2)cc1. The molecule has 2 aromatic carbocycles. The van der Waals surface area contributed by atoms with Crippen LogP contribution in [0.4, 0.5) is 5.69 Å². The standard InChI is InChI=1S/C20H20N4O4S/c1-27-14-9-7-13(8-10-14)12-21-24-20-23-19(26)17(29-20)11-18(25)22-15-5-3-4-6-16(15)28-2/h3-10,12,17H,11H2,1-2H3,(H,22,25)(H,23,24,26)/b21-12+. The quantitative estimate of drug-likeness (QED) is 0.538. The molecule has 1 aliphatic heterocycles. The number of methoxy groups -OCH3 is 2. The molecule has 2 N–H and O–H groups in total. The molecule has 3 rings (SSSR count). The number of para-hydroxylation sites is 2. The Balaban J connectivity index is 1.55. The Bertz CT molecular complexity index is 944. The van der Waals surface area contributed by atoms with Crippen molar-refractivity contribution in [1.29, 1.82) is 0 Å². The second-order valence-corrected chi connectivity index (χ2v) is 7.16. The lowest BCUT2D eigenvalue weighted by atomic mass is 10.2. The van der Waals surface area contributed by atoms with Gasteiger partial charge in [0.1, 0.15) is 16.7 Å². The molecule has 1 aliphatic rings. The van der Waals surface area contributed by atoms with Gasteiger partial charge in [-0.3, -0.25) is 9.59 Å². The Labute approximate surface area is 172 Å². The summed E-state index contributed by atoms with van der Waals surface area (Å²) in [6, 6.07) is 14.4. The Hall–Kier alpha value is -3.33. The lowest BCUT2D eigenvalue weighted by Gasteiger charge is -2.10. The van der Waals surface area contributed by atoms with Gasteiger partial charge >= 0.3 is 0 Å². The first-order chi connectivity index (χ1) is 14.1. The van der Waals surface area contributed by atoms with Crippen LogP contribution >= 0.6 is 11.8 Å². The van der Waals surface area contributed by atoms with Gasteiger partial charge in [0.15, 0.2) is 5.17 Å². The van der Waals surface area contributed by atoms with Crippen molar-refractivity contribution in [2.75, 3.05) is 19.5 Å². The number of ether oxygens (including phenoxy) is 2. The first-order valence-corrected chi connectivity index (χ1v) is 9.62. The van der Waals surface area contributed by atoms with Crippen LogP contribution in [0, 0.1) is 0 Å². The second-order valence-electron chi connectivity index (χ2n) is 5.97. The average Bonchev–Trinajstić information content (AvgIpc) is 3.07. The normalized spacial score (nSPS) is 17.4. The first kappa shape index (κ1) is 20.4. The van der Waals surface area contributed by atoms with E-state index in [1.165, 1.54) is 18.9 Å². The van der Waals surface area contributed by atoms with E-state index in [0.29, 0.717) is 16.6 Å². The number of amidine groups is 1. The highest BCUT2D eigenvalue weighted by Gasteiger charge is 2.32. The molecule has 0 spiro atoms. The molecule has 29 heavy (non-hydrogen) atoms. The third kappa shape index (κ3) is 5.58.